The van der Waals surface area contributed by atoms with E-state index in [-0.39, 0.29) is 40.5 Å². The summed E-state index contributed by atoms with van der Waals surface area (Å²) in [6.07, 6.45) is -5.62. The Bertz CT molecular complexity index is 1680. The molecular weight excluding hydrogens is 720 g/mol. The number of anilines is 1. The van der Waals surface area contributed by atoms with E-state index in [0.29, 0.717) is 4.90 Å². The summed E-state index contributed by atoms with van der Waals surface area (Å²) in [5, 5.41) is 3.34. The monoisotopic (exact) mass is 768 g/mol. The summed E-state index contributed by atoms with van der Waals surface area (Å²) in [7, 11) is -2.65. The quantitative estimate of drug-likeness (QED) is 0.0342. The van der Waals surface area contributed by atoms with Crippen LogP contribution in [0.3, 0.4) is 0 Å². The lowest BCUT2D eigenvalue weighted by atomic mass is 10.1. The van der Waals surface area contributed by atoms with E-state index in [2.05, 4.69) is 25.0 Å². The van der Waals surface area contributed by atoms with E-state index in [1.165, 1.54) is 17.8 Å². The van der Waals surface area contributed by atoms with Crippen molar-refractivity contribution in [2.75, 3.05) is 18.1 Å². The van der Waals surface area contributed by atoms with Gasteiger partial charge in [-0.15, -0.1) is 0 Å². The van der Waals surface area contributed by atoms with Gasteiger partial charge in [0.15, 0.2) is 37.3 Å². The van der Waals surface area contributed by atoms with Crippen LogP contribution in [0.25, 0.3) is 21.6 Å². The summed E-state index contributed by atoms with van der Waals surface area (Å²) in [5.74, 6) is -1.80. The van der Waals surface area contributed by atoms with Gasteiger partial charge in [0.2, 0.25) is 11.4 Å². The molecule has 18 nitrogen and oxygen atoms in total. The highest BCUT2D eigenvalue weighted by molar-refractivity contribution is 6.74. The minimum Gasteiger partial charge on any atom is -0.464 e. The van der Waals surface area contributed by atoms with Crippen LogP contribution in [0.15, 0.2) is 11.4 Å². The summed E-state index contributed by atoms with van der Waals surface area (Å²) in [6.45, 7) is 22.3. The summed E-state index contributed by atoms with van der Waals surface area (Å²) in [4.78, 5) is 68.5. The number of hydrogen-bond acceptors (Lipinski definition) is 14. The van der Waals surface area contributed by atoms with Crippen molar-refractivity contribution in [3.05, 3.63) is 22.1 Å². The molecule has 1 fully saturated rings. The number of fused-ring (bicyclic) bond motifs is 1. The second kappa shape index (κ2) is 16.0. The molecule has 0 radical (unpaired) electrons. The Hall–Kier alpha value is -3.87. The highest BCUT2D eigenvalue weighted by atomic mass is 35.5. The summed E-state index contributed by atoms with van der Waals surface area (Å²) < 4.78 is 36.5. The minimum atomic E-state index is -2.65. The molecule has 3 rings (SSSR count). The molecule has 0 saturated carbocycles. The lowest BCUT2D eigenvalue weighted by molar-refractivity contribution is -0.163. The molecular formula is C32H49ClN8O10Si. The van der Waals surface area contributed by atoms with Gasteiger partial charge >= 0.3 is 18.2 Å². The molecule has 52 heavy (non-hydrogen) atoms. The topological polar surface area (TPSA) is 219 Å². The molecule has 0 aliphatic carbocycles. The predicted molar refractivity (Wildman–Crippen MR) is 191 cm³/mol. The first-order chi connectivity index (χ1) is 23.8. The number of aromatic nitrogens is 4. The van der Waals surface area contributed by atoms with Crippen molar-refractivity contribution in [1.82, 2.24) is 19.5 Å². The number of nitrogens with zero attached hydrogens (tertiary/aromatic N) is 8. The number of Topliss-reactive ketones (excluding diaryl/α,β-unsaturated/α-hetero) is 1. The van der Waals surface area contributed by atoms with Gasteiger partial charge in [-0.25, -0.2) is 19.4 Å². The van der Waals surface area contributed by atoms with E-state index >= 15 is 0 Å². The minimum absolute atomic E-state index is 0.00957. The van der Waals surface area contributed by atoms with Gasteiger partial charge in [-0.3, -0.25) is 9.36 Å². The van der Waals surface area contributed by atoms with E-state index in [1.807, 2.05) is 33.9 Å². The van der Waals surface area contributed by atoms with Gasteiger partial charge in [0.1, 0.15) is 17.3 Å². The zero-order valence-electron chi connectivity index (χ0n) is 31.9. The number of amides is 2. The number of ketones is 1. The highest BCUT2D eigenvalue weighted by Crippen LogP contribution is 2.44. The van der Waals surface area contributed by atoms with Gasteiger partial charge in [-0.1, -0.05) is 25.9 Å². The first kappa shape index (κ1) is 42.5. The molecule has 0 spiro atoms. The lowest BCUT2D eigenvalue weighted by Crippen LogP contribution is -2.48. The van der Waals surface area contributed by atoms with Crippen LogP contribution < -0.4 is 4.90 Å². The van der Waals surface area contributed by atoms with Crippen LogP contribution in [-0.2, 0) is 37.7 Å². The van der Waals surface area contributed by atoms with Gasteiger partial charge in [0.25, 0.3) is 0 Å². The van der Waals surface area contributed by atoms with Crippen LogP contribution >= 0.6 is 11.6 Å². The van der Waals surface area contributed by atoms with Crippen LogP contribution in [0.1, 0.15) is 82.4 Å². The molecule has 1 saturated heterocycles. The Morgan fingerprint density at radius 3 is 2.12 bits per heavy atom. The number of hydrogen-bond donors (Lipinski definition) is 0. The van der Waals surface area contributed by atoms with Crippen LogP contribution in [0.5, 0.6) is 0 Å². The third-order valence-electron chi connectivity index (χ3n) is 8.05. The van der Waals surface area contributed by atoms with Crippen LogP contribution in [0, 0.1) is 0 Å². The zero-order chi connectivity index (χ0) is 39.6. The van der Waals surface area contributed by atoms with Crippen LogP contribution in [0.4, 0.5) is 15.4 Å². The fraction of sp³-hybridized carbons (Fsp3) is 0.719. The number of esters is 1. The van der Waals surface area contributed by atoms with E-state index in [9.17, 15) is 24.7 Å². The SMILES string of the molecule is CCOC(=O)C(OC[C@H]1O[C@@H](n2cnc3c(N(C(=O)OC(C)(C)C)C(=O)OC(C)(C)C)nc(Cl)nc32)[C@H](O[Si](C)(C)C(C)(C)C)[C@H]1N=[N+]=[N-])C(C)=O. The van der Waals surface area contributed by atoms with E-state index in [4.69, 9.17) is 39.7 Å². The van der Waals surface area contributed by atoms with Gasteiger partial charge in [-0.2, -0.15) is 14.9 Å². The summed E-state index contributed by atoms with van der Waals surface area (Å²) in [6, 6.07) is -1.05. The van der Waals surface area contributed by atoms with Gasteiger partial charge < -0.3 is 28.1 Å². The van der Waals surface area contributed by atoms with Gasteiger partial charge in [-0.05, 0) is 90.7 Å². The predicted octanol–water partition coefficient (Wildman–Crippen LogP) is 6.66. The maximum Gasteiger partial charge on any atom is 0.425 e. The smallest absolute Gasteiger partial charge is 0.425 e. The van der Waals surface area contributed by atoms with Crippen LogP contribution in [-0.4, -0.2) is 101 Å². The number of imidazole rings is 1. The Morgan fingerprint density at radius 1 is 1.06 bits per heavy atom. The number of ether oxygens (including phenoxy) is 5. The third kappa shape index (κ3) is 10.2. The van der Waals surface area contributed by atoms with Gasteiger partial charge in [0, 0.05) is 4.91 Å². The molecule has 288 valence electrons. The maximum atomic E-state index is 13.5. The van der Waals surface area contributed by atoms with Crippen molar-refractivity contribution < 1.29 is 47.3 Å². The van der Waals surface area contributed by atoms with Crippen molar-refractivity contribution in [1.29, 1.82) is 0 Å². The standard InChI is InChI=1S/C32H49ClN8O10Si/c1-14-46-26(43)21(17(2)42)47-15-18-19(38-39-34)22(51-52(12,13)32(9,10)11)25(48-18)40-16-35-20-23(40)36-27(33)37-24(20)41(28(44)49-30(3,4)5)29(45)50-31(6,7)8/h16,18-19,21-22,25H,14-15H2,1-13H3/t18-,19+,21?,22-,25-/m1/s1. The van der Waals surface area contributed by atoms with Crippen LogP contribution in [0.2, 0.25) is 23.4 Å². The third-order valence-corrected chi connectivity index (χ3v) is 12.7. The lowest BCUT2D eigenvalue weighted by Gasteiger charge is -2.40. The molecule has 1 unspecified atom stereocenters. The Morgan fingerprint density at radius 2 is 1.63 bits per heavy atom. The number of azide groups is 1. The molecule has 0 N–H and O–H groups in total. The van der Waals surface area contributed by atoms with Crippen molar-refractivity contribution >= 4 is 60.8 Å². The maximum absolute atomic E-state index is 13.5. The molecule has 5 atom stereocenters. The summed E-state index contributed by atoms with van der Waals surface area (Å²) in [5.41, 5.74) is 7.59. The normalized spacial score (nSPS) is 20.2. The van der Waals surface area contributed by atoms with Gasteiger partial charge in [0.05, 0.1) is 31.7 Å². The number of rotatable bonds is 11. The van der Waals surface area contributed by atoms with Crippen molar-refractivity contribution in [3.8, 4) is 0 Å². The molecule has 1 aliphatic rings. The average Bonchev–Trinajstić information content (AvgIpc) is 3.51. The van der Waals surface area contributed by atoms with Crippen molar-refractivity contribution in [2.24, 2.45) is 5.11 Å². The van der Waals surface area contributed by atoms with E-state index in [1.54, 1.807) is 48.5 Å². The molecule has 20 heteroatoms. The second-order valence-corrected chi connectivity index (χ2v) is 20.7. The Kier molecular flexibility index (Phi) is 13.1. The average molecular weight is 769 g/mol. The zero-order valence-corrected chi connectivity index (χ0v) is 33.7. The number of carbonyl (C=O) groups is 4. The first-order valence-corrected chi connectivity index (χ1v) is 19.9. The largest absolute Gasteiger partial charge is 0.464 e. The number of halogens is 1. The highest BCUT2D eigenvalue weighted by Gasteiger charge is 2.52. The van der Waals surface area contributed by atoms with E-state index < -0.39 is 74.0 Å². The number of imide groups is 1. The molecule has 2 aromatic rings. The van der Waals surface area contributed by atoms with Crippen molar-refractivity contribution in [2.45, 2.75) is 136 Å². The fourth-order valence-corrected chi connectivity index (χ4v) is 6.21. The first-order valence-electron chi connectivity index (χ1n) is 16.6. The second-order valence-electron chi connectivity index (χ2n) is 15.6. The molecule has 2 amide bonds. The summed E-state index contributed by atoms with van der Waals surface area (Å²) >= 11 is 6.44. The van der Waals surface area contributed by atoms with Crippen molar-refractivity contribution in [3.63, 3.8) is 0 Å². The Labute approximate surface area is 308 Å². The molecule has 3 heterocycles. The fourth-order valence-electron chi connectivity index (χ4n) is 4.76. The molecule has 2 aromatic heterocycles. The molecule has 0 aromatic carbocycles. The molecule has 0 bridgehead atoms. The number of carbonyl (C=O) groups excluding carboxylic acids is 4. The van der Waals surface area contributed by atoms with E-state index in [0.717, 1.165) is 0 Å². The Balaban J connectivity index is 2.23. The molecule has 1 aliphatic heterocycles.